The summed E-state index contributed by atoms with van der Waals surface area (Å²) >= 11 is 0. The van der Waals surface area contributed by atoms with Crippen molar-refractivity contribution in [1.82, 2.24) is 5.32 Å². The topological polar surface area (TPSA) is 56.8 Å². The number of amides is 1. The molecule has 0 aliphatic heterocycles. The molecule has 5 heteroatoms. The third kappa shape index (κ3) is 3.94. The first-order chi connectivity index (χ1) is 11.1. The smallest absolute Gasteiger partial charge is 0.251 e. The van der Waals surface area contributed by atoms with Crippen LogP contribution in [-0.4, -0.2) is 27.2 Å². The van der Waals surface area contributed by atoms with E-state index in [1.165, 1.54) is 0 Å². The van der Waals surface area contributed by atoms with Gasteiger partial charge in [-0.2, -0.15) is 0 Å². The first-order valence-electron chi connectivity index (χ1n) is 7.26. The number of hydrogen-bond acceptors (Lipinski definition) is 4. The SMILES string of the molecule is COc1ccc(C(=O)NC(C)c2cc(OC)ccc2OC)cc1. The molecule has 0 fully saturated rings. The normalized spacial score (nSPS) is 11.5. The van der Waals surface area contributed by atoms with Gasteiger partial charge in [-0.05, 0) is 49.4 Å². The molecule has 0 heterocycles. The molecular weight excluding hydrogens is 294 g/mol. The van der Waals surface area contributed by atoms with Crippen molar-refractivity contribution in [1.29, 1.82) is 0 Å². The fourth-order valence-corrected chi connectivity index (χ4v) is 2.28. The zero-order chi connectivity index (χ0) is 16.8. The molecule has 1 amide bonds. The molecule has 5 nitrogen and oxygen atoms in total. The summed E-state index contributed by atoms with van der Waals surface area (Å²) in [5.41, 5.74) is 1.42. The second kappa shape index (κ2) is 7.54. The Kier molecular flexibility index (Phi) is 5.46. The molecule has 0 saturated carbocycles. The predicted molar refractivity (Wildman–Crippen MR) is 88.4 cm³/mol. The second-order valence-electron chi connectivity index (χ2n) is 5.03. The molecular formula is C18H21NO4. The summed E-state index contributed by atoms with van der Waals surface area (Å²) < 4.78 is 15.7. The van der Waals surface area contributed by atoms with Gasteiger partial charge in [0.05, 0.1) is 27.4 Å². The summed E-state index contributed by atoms with van der Waals surface area (Å²) in [4.78, 5) is 12.4. The lowest BCUT2D eigenvalue weighted by Gasteiger charge is -2.18. The third-order valence-corrected chi connectivity index (χ3v) is 3.60. The van der Waals surface area contributed by atoms with Crippen LogP contribution in [0.2, 0.25) is 0 Å². The molecule has 23 heavy (non-hydrogen) atoms. The van der Waals surface area contributed by atoms with E-state index in [0.717, 1.165) is 5.56 Å². The predicted octanol–water partition coefficient (Wildman–Crippen LogP) is 3.20. The van der Waals surface area contributed by atoms with Crippen molar-refractivity contribution >= 4 is 5.91 Å². The minimum Gasteiger partial charge on any atom is -0.497 e. The highest BCUT2D eigenvalue weighted by atomic mass is 16.5. The number of ether oxygens (including phenoxy) is 3. The molecule has 2 aromatic carbocycles. The molecule has 0 aliphatic carbocycles. The van der Waals surface area contributed by atoms with E-state index in [9.17, 15) is 4.79 Å². The lowest BCUT2D eigenvalue weighted by atomic mass is 10.1. The van der Waals surface area contributed by atoms with Crippen LogP contribution in [0.15, 0.2) is 42.5 Å². The summed E-state index contributed by atoms with van der Waals surface area (Å²) in [6.07, 6.45) is 0. The highest BCUT2D eigenvalue weighted by Crippen LogP contribution is 2.29. The Morgan fingerprint density at radius 3 is 2.09 bits per heavy atom. The van der Waals surface area contributed by atoms with Crippen molar-refractivity contribution in [2.45, 2.75) is 13.0 Å². The van der Waals surface area contributed by atoms with Gasteiger partial charge in [-0.15, -0.1) is 0 Å². The standard InChI is InChI=1S/C18H21NO4/c1-12(16-11-15(22-3)9-10-17(16)23-4)19-18(20)13-5-7-14(21-2)8-6-13/h5-12H,1-4H3,(H,19,20). The zero-order valence-electron chi connectivity index (χ0n) is 13.8. The fraction of sp³-hybridized carbons (Fsp3) is 0.278. The molecule has 0 bridgehead atoms. The van der Waals surface area contributed by atoms with E-state index in [-0.39, 0.29) is 11.9 Å². The summed E-state index contributed by atoms with van der Waals surface area (Å²) in [6, 6.07) is 12.2. The van der Waals surface area contributed by atoms with E-state index in [2.05, 4.69) is 5.32 Å². The van der Waals surface area contributed by atoms with Crippen LogP contribution >= 0.6 is 0 Å². The quantitative estimate of drug-likeness (QED) is 0.889. The summed E-state index contributed by atoms with van der Waals surface area (Å²) in [7, 11) is 4.79. The van der Waals surface area contributed by atoms with Gasteiger partial charge in [0.15, 0.2) is 0 Å². The van der Waals surface area contributed by atoms with E-state index < -0.39 is 0 Å². The van der Waals surface area contributed by atoms with Crippen molar-refractivity contribution < 1.29 is 19.0 Å². The van der Waals surface area contributed by atoms with Crippen molar-refractivity contribution in [3.8, 4) is 17.2 Å². The van der Waals surface area contributed by atoms with Crippen LogP contribution in [0.25, 0.3) is 0 Å². The Morgan fingerprint density at radius 1 is 0.913 bits per heavy atom. The molecule has 122 valence electrons. The monoisotopic (exact) mass is 315 g/mol. The average molecular weight is 315 g/mol. The van der Waals surface area contributed by atoms with Gasteiger partial charge in [0, 0.05) is 11.1 Å². The fourth-order valence-electron chi connectivity index (χ4n) is 2.28. The summed E-state index contributed by atoms with van der Waals surface area (Å²) in [6.45, 7) is 1.90. The molecule has 2 rings (SSSR count). The largest absolute Gasteiger partial charge is 0.497 e. The van der Waals surface area contributed by atoms with E-state index >= 15 is 0 Å². The van der Waals surface area contributed by atoms with Gasteiger partial charge in [0.1, 0.15) is 17.2 Å². The van der Waals surface area contributed by atoms with Gasteiger partial charge in [-0.3, -0.25) is 4.79 Å². The molecule has 0 aromatic heterocycles. The van der Waals surface area contributed by atoms with Gasteiger partial charge in [-0.25, -0.2) is 0 Å². The van der Waals surface area contributed by atoms with Crippen molar-refractivity contribution in [2.24, 2.45) is 0 Å². The first kappa shape index (κ1) is 16.7. The third-order valence-electron chi connectivity index (χ3n) is 3.60. The Hall–Kier alpha value is -2.69. The summed E-state index contributed by atoms with van der Waals surface area (Å²) in [5, 5.41) is 2.96. The van der Waals surface area contributed by atoms with E-state index in [1.54, 1.807) is 45.6 Å². The van der Waals surface area contributed by atoms with Crippen LogP contribution < -0.4 is 19.5 Å². The minimum absolute atomic E-state index is 0.162. The molecule has 0 radical (unpaired) electrons. The number of carbonyl (C=O) groups excluding carboxylic acids is 1. The van der Waals surface area contributed by atoms with Crippen LogP contribution in [0.1, 0.15) is 28.9 Å². The lowest BCUT2D eigenvalue weighted by molar-refractivity contribution is 0.0939. The van der Waals surface area contributed by atoms with Crippen molar-refractivity contribution in [3.05, 3.63) is 53.6 Å². The van der Waals surface area contributed by atoms with Gasteiger partial charge in [-0.1, -0.05) is 0 Å². The highest BCUT2D eigenvalue weighted by molar-refractivity contribution is 5.94. The first-order valence-corrected chi connectivity index (χ1v) is 7.26. The number of nitrogens with one attached hydrogen (secondary N) is 1. The molecule has 1 unspecified atom stereocenters. The molecule has 1 N–H and O–H groups in total. The van der Waals surface area contributed by atoms with E-state index in [0.29, 0.717) is 22.8 Å². The maximum absolute atomic E-state index is 12.4. The number of rotatable bonds is 6. The van der Waals surface area contributed by atoms with Crippen molar-refractivity contribution in [3.63, 3.8) is 0 Å². The Labute approximate surface area is 136 Å². The average Bonchev–Trinajstić information content (AvgIpc) is 2.61. The number of hydrogen-bond donors (Lipinski definition) is 1. The van der Waals surface area contributed by atoms with Gasteiger partial charge in [0.2, 0.25) is 0 Å². The maximum Gasteiger partial charge on any atom is 0.251 e. The van der Waals surface area contributed by atoms with Crippen LogP contribution in [0.3, 0.4) is 0 Å². The highest BCUT2D eigenvalue weighted by Gasteiger charge is 2.16. The summed E-state index contributed by atoms with van der Waals surface area (Å²) in [5.74, 6) is 1.97. The maximum atomic E-state index is 12.4. The van der Waals surface area contributed by atoms with Gasteiger partial charge in [0.25, 0.3) is 5.91 Å². The van der Waals surface area contributed by atoms with Crippen LogP contribution in [0.4, 0.5) is 0 Å². The lowest BCUT2D eigenvalue weighted by Crippen LogP contribution is -2.26. The minimum atomic E-state index is -0.227. The molecule has 2 aromatic rings. The molecule has 0 spiro atoms. The Bertz CT molecular complexity index is 667. The van der Waals surface area contributed by atoms with Crippen LogP contribution in [-0.2, 0) is 0 Å². The number of carbonyl (C=O) groups is 1. The zero-order valence-corrected chi connectivity index (χ0v) is 13.8. The second-order valence-corrected chi connectivity index (χ2v) is 5.03. The Balaban J connectivity index is 2.17. The van der Waals surface area contributed by atoms with Crippen LogP contribution in [0, 0.1) is 0 Å². The van der Waals surface area contributed by atoms with E-state index in [1.807, 2.05) is 25.1 Å². The Morgan fingerprint density at radius 2 is 1.52 bits per heavy atom. The van der Waals surface area contributed by atoms with E-state index in [4.69, 9.17) is 14.2 Å². The van der Waals surface area contributed by atoms with Gasteiger partial charge >= 0.3 is 0 Å². The van der Waals surface area contributed by atoms with Crippen LogP contribution in [0.5, 0.6) is 17.2 Å². The number of benzene rings is 2. The molecule has 0 aliphatic rings. The number of methoxy groups -OCH3 is 3. The molecule has 0 saturated heterocycles. The molecule has 1 atom stereocenters. The van der Waals surface area contributed by atoms with Crippen molar-refractivity contribution in [2.75, 3.05) is 21.3 Å². The van der Waals surface area contributed by atoms with Gasteiger partial charge < -0.3 is 19.5 Å².